The van der Waals surface area contributed by atoms with Crippen LogP contribution in [0.1, 0.15) is 46.6 Å². The van der Waals surface area contributed by atoms with E-state index < -0.39 is 5.97 Å². The summed E-state index contributed by atoms with van der Waals surface area (Å²) in [6, 6.07) is 3.45. The summed E-state index contributed by atoms with van der Waals surface area (Å²) in [4.78, 5) is 38.3. The van der Waals surface area contributed by atoms with Crippen molar-refractivity contribution in [3.05, 3.63) is 50.3 Å². The molecule has 144 valence electrons. The predicted octanol–water partition coefficient (Wildman–Crippen LogP) is 3.16. The zero-order chi connectivity index (χ0) is 19.6. The number of hydrogen-bond acceptors (Lipinski definition) is 5. The number of pyridine rings is 1. The van der Waals surface area contributed by atoms with Crippen molar-refractivity contribution in [2.75, 3.05) is 11.9 Å². The summed E-state index contributed by atoms with van der Waals surface area (Å²) in [5, 5.41) is 3.36. The van der Waals surface area contributed by atoms with Crippen LogP contribution >= 0.6 is 11.3 Å². The summed E-state index contributed by atoms with van der Waals surface area (Å²) in [5.74, 6) is -0.173. The number of rotatable bonds is 5. The highest BCUT2D eigenvalue weighted by atomic mass is 32.1. The number of aryl methyl sites for hydroxylation is 1. The predicted molar refractivity (Wildman–Crippen MR) is 106 cm³/mol. The third-order valence-corrected chi connectivity index (χ3v) is 5.94. The molecule has 1 aliphatic carbocycles. The second-order valence-corrected chi connectivity index (χ2v) is 8.05. The van der Waals surface area contributed by atoms with Crippen LogP contribution in [0.25, 0.3) is 0 Å². The van der Waals surface area contributed by atoms with Crippen molar-refractivity contribution in [2.45, 2.75) is 46.6 Å². The smallest absolute Gasteiger partial charge is 0.341 e. The van der Waals surface area contributed by atoms with Crippen molar-refractivity contribution in [1.29, 1.82) is 0 Å². The Morgan fingerprint density at radius 1 is 1.41 bits per heavy atom. The van der Waals surface area contributed by atoms with Crippen molar-refractivity contribution in [2.24, 2.45) is 5.92 Å². The van der Waals surface area contributed by atoms with Gasteiger partial charge >= 0.3 is 5.97 Å². The van der Waals surface area contributed by atoms with Gasteiger partial charge in [-0.25, -0.2) is 4.79 Å². The molecule has 27 heavy (non-hydrogen) atoms. The number of nitrogens with one attached hydrogen (secondary N) is 1. The van der Waals surface area contributed by atoms with Gasteiger partial charge in [-0.15, -0.1) is 11.3 Å². The van der Waals surface area contributed by atoms with Crippen molar-refractivity contribution < 1.29 is 14.3 Å². The SMILES string of the molecule is CCOC(=O)c1c(NC(=O)Cn2cccc(C)c2=O)sc2c1CCC(C)C2. The topological polar surface area (TPSA) is 77.4 Å². The summed E-state index contributed by atoms with van der Waals surface area (Å²) < 4.78 is 6.58. The number of thiophene rings is 1. The molecule has 1 amide bonds. The van der Waals surface area contributed by atoms with E-state index >= 15 is 0 Å². The van der Waals surface area contributed by atoms with Gasteiger partial charge in [0.25, 0.3) is 5.56 Å². The summed E-state index contributed by atoms with van der Waals surface area (Å²) in [5.41, 5.74) is 1.86. The Morgan fingerprint density at radius 2 is 2.19 bits per heavy atom. The van der Waals surface area contributed by atoms with Crippen LogP contribution < -0.4 is 10.9 Å². The molecule has 0 aromatic carbocycles. The Balaban J connectivity index is 1.87. The quantitative estimate of drug-likeness (QED) is 0.798. The number of fused-ring (bicyclic) bond motifs is 1. The van der Waals surface area contributed by atoms with E-state index in [4.69, 9.17) is 4.74 Å². The highest BCUT2D eigenvalue weighted by Crippen LogP contribution is 2.40. The van der Waals surface area contributed by atoms with Crippen LogP contribution in [0, 0.1) is 12.8 Å². The van der Waals surface area contributed by atoms with Gasteiger partial charge < -0.3 is 14.6 Å². The minimum absolute atomic E-state index is 0.0955. The highest BCUT2D eigenvalue weighted by Gasteiger charge is 2.29. The lowest BCUT2D eigenvalue weighted by Gasteiger charge is -2.18. The first kappa shape index (κ1) is 19.4. The molecular formula is C20H24N2O4S. The van der Waals surface area contributed by atoms with Crippen molar-refractivity contribution in [3.63, 3.8) is 0 Å². The van der Waals surface area contributed by atoms with Crippen molar-refractivity contribution >= 4 is 28.2 Å². The maximum absolute atomic E-state index is 12.5. The van der Waals surface area contributed by atoms with Gasteiger partial charge in [-0.05, 0) is 50.7 Å². The minimum atomic E-state index is -0.396. The average Bonchev–Trinajstić information content (AvgIpc) is 2.95. The van der Waals surface area contributed by atoms with Crippen LogP contribution in [-0.4, -0.2) is 23.1 Å². The van der Waals surface area contributed by atoms with E-state index in [1.54, 1.807) is 32.2 Å². The molecule has 1 aliphatic rings. The van der Waals surface area contributed by atoms with E-state index in [0.717, 1.165) is 29.7 Å². The second kappa shape index (κ2) is 8.08. The second-order valence-electron chi connectivity index (χ2n) is 6.95. The van der Waals surface area contributed by atoms with Gasteiger partial charge in [0.05, 0.1) is 12.2 Å². The van der Waals surface area contributed by atoms with Crippen LogP contribution in [0.3, 0.4) is 0 Å². The molecule has 1 N–H and O–H groups in total. The molecule has 0 saturated heterocycles. The van der Waals surface area contributed by atoms with Gasteiger partial charge in [-0.1, -0.05) is 13.0 Å². The molecule has 0 fully saturated rings. The number of carbonyl (C=O) groups is 2. The van der Waals surface area contributed by atoms with Gasteiger partial charge in [-0.2, -0.15) is 0 Å². The molecule has 1 unspecified atom stereocenters. The molecule has 1 atom stereocenters. The first-order chi connectivity index (χ1) is 12.9. The normalized spacial score (nSPS) is 15.9. The molecule has 0 saturated carbocycles. The van der Waals surface area contributed by atoms with Crippen LogP contribution in [-0.2, 0) is 28.9 Å². The highest BCUT2D eigenvalue weighted by molar-refractivity contribution is 7.17. The molecular weight excluding hydrogens is 364 g/mol. The van der Waals surface area contributed by atoms with Gasteiger partial charge in [0.15, 0.2) is 0 Å². The molecule has 0 spiro atoms. The lowest BCUT2D eigenvalue weighted by Crippen LogP contribution is -2.28. The van der Waals surface area contributed by atoms with Crippen LogP contribution in [0.5, 0.6) is 0 Å². The molecule has 2 heterocycles. The van der Waals surface area contributed by atoms with Crippen LogP contribution in [0.4, 0.5) is 5.00 Å². The third-order valence-electron chi connectivity index (χ3n) is 4.77. The Kier molecular flexibility index (Phi) is 5.79. The zero-order valence-electron chi connectivity index (χ0n) is 15.8. The summed E-state index contributed by atoms with van der Waals surface area (Å²) in [6.07, 6.45) is 4.32. The first-order valence-corrected chi connectivity index (χ1v) is 9.99. The third kappa shape index (κ3) is 4.13. The molecule has 0 bridgehead atoms. The number of aromatic nitrogens is 1. The number of esters is 1. The molecule has 3 rings (SSSR count). The average molecular weight is 388 g/mol. The first-order valence-electron chi connectivity index (χ1n) is 9.18. The number of amides is 1. The number of anilines is 1. The summed E-state index contributed by atoms with van der Waals surface area (Å²) in [7, 11) is 0. The Morgan fingerprint density at radius 3 is 2.93 bits per heavy atom. The van der Waals surface area contributed by atoms with Crippen molar-refractivity contribution in [3.8, 4) is 0 Å². The largest absolute Gasteiger partial charge is 0.462 e. The van der Waals surface area contributed by atoms with E-state index in [2.05, 4.69) is 12.2 Å². The van der Waals surface area contributed by atoms with Crippen LogP contribution in [0.15, 0.2) is 23.1 Å². The van der Waals surface area contributed by atoms with E-state index in [0.29, 0.717) is 22.0 Å². The maximum atomic E-state index is 12.5. The molecule has 0 radical (unpaired) electrons. The standard InChI is InChI=1S/C20H24N2O4S/c1-4-26-20(25)17-14-8-7-12(2)10-15(14)27-18(17)21-16(23)11-22-9-5-6-13(3)19(22)24/h5-6,9,12H,4,7-8,10-11H2,1-3H3,(H,21,23). The van der Waals surface area contributed by atoms with Crippen molar-refractivity contribution in [1.82, 2.24) is 4.57 Å². The van der Waals surface area contributed by atoms with E-state index in [1.165, 1.54) is 15.9 Å². The molecule has 2 aromatic rings. The van der Waals surface area contributed by atoms with Gasteiger partial charge in [0.2, 0.25) is 5.91 Å². The van der Waals surface area contributed by atoms with E-state index in [-0.39, 0.29) is 24.6 Å². The monoisotopic (exact) mass is 388 g/mol. The number of hydrogen-bond donors (Lipinski definition) is 1. The fourth-order valence-electron chi connectivity index (χ4n) is 3.36. The maximum Gasteiger partial charge on any atom is 0.341 e. The molecule has 2 aromatic heterocycles. The fourth-order valence-corrected chi connectivity index (χ4v) is 4.78. The lowest BCUT2D eigenvalue weighted by molar-refractivity contribution is -0.116. The van der Waals surface area contributed by atoms with E-state index in [9.17, 15) is 14.4 Å². The zero-order valence-corrected chi connectivity index (χ0v) is 16.6. The minimum Gasteiger partial charge on any atom is -0.462 e. The van der Waals surface area contributed by atoms with E-state index in [1.807, 2.05) is 0 Å². The molecule has 6 nitrogen and oxygen atoms in total. The molecule has 7 heteroatoms. The van der Waals surface area contributed by atoms with Gasteiger partial charge in [-0.3, -0.25) is 9.59 Å². The summed E-state index contributed by atoms with van der Waals surface area (Å²) in [6.45, 7) is 5.86. The Hall–Kier alpha value is -2.41. The van der Waals surface area contributed by atoms with Gasteiger partial charge in [0, 0.05) is 16.6 Å². The number of nitrogens with zero attached hydrogens (tertiary/aromatic N) is 1. The molecule has 0 aliphatic heterocycles. The summed E-state index contributed by atoms with van der Waals surface area (Å²) >= 11 is 1.45. The van der Waals surface area contributed by atoms with Gasteiger partial charge in [0.1, 0.15) is 11.5 Å². The van der Waals surface area contributed by atoms with Crippen LogP contribution in [0.2, 0.25) is 0 Å². The number of ether oxygens (including phenoxy) is 1. The Labute approximate surface area is 162 Å². The Bertz CT molecular complexity index is 929. The number of carbonyl (C=O) groups excluding carboxylic acids is 2. The lowest BCUT2D eigenvalue weighted by atomic mass is 9.88. The fraction of sp³-hybridized carbons (Fsp3) is 0.450.